The highest BCUT2D eigenvalue weighted by Crippen LogP contribution is 2.21. The summed E-state index contributed by atoms with van der Waals surface area (Å²) in [6.45, 7) is 1.88. The lowest BCUT2D eigenvalue weighted by atomic mass is 10.1. The maximum atomic E-state index is 13.8. The first-order valence-electron chi connectivity index (χ1n) is 7.26. The van der Waals surface area contributed by atoms with E-state index in [1.165, 1.54) is 13.0 Å². The summed E-state index contributed by atoms with van der Waals surface area (Å²) >= 11 is 0. The van der Waals surface area contributed by atoms with Crippen LogP contribution >= 0.6 is 0 Å². The molecule has 0 spiro atoms. The van der Waals surface area contributed by atoms with Gasteiger partial charge in [-0.3, -0.25) is 4.79 Å². The van der Waals surface area contributed by atoms with Crippen LogP contribution in [0.15, 0.2) is 60.9 Å². The Morgan fingerprint density at radius 2 is 1.91 bits per heavy atom. The van der Waals surface area contributed by atoms with E-state index in [9.17, 15) is 9.18 Å². The molecule has 1 aromatic heterocycles. The first-order valence-corrected chi connectivity index (χ1v) is 7.26. The monoisotopic (exact) mass is 309 g/mol. The van der Waals surface area contributed by atoms with Gasteiger partial charge < -0.3 is 9.88 Å². The molecule has 2 aromatic carbocycles. The Kier molecular flexibility index (Phi) is 4.19. The lowest BCUT2D eigenvalue weighted by molar-refractivity contribution is -0.114. The number of nitrogens with one attached hydrogen (secondary N) is 1. The Balaban J connectivity index is 1.86. The maximum Gasteiger partial charge on any atom is 0.221 e. The summed E-state index contributed by atoms with van der Waals surface area (Å²) < 4.78 is 15.7. The van der Waals surface area contributed by atoms with Gasteiger partial charge >= 0.3 is 0 Å². The van der Waals surface area contributed by atoms with Crippen LogP contribution in [0.4, 0.5) is 10.1 Å². The van der Waals surface area contributed by atoms with Crippen molar-refractivity contribution in [2.24, 2.45) is 0 Å². The second kappa shape index (κ2) is 6.44. The molecular formula is C18H16FN3O. The highest BCUT2D eigenvalue weighted by atomic mass is 19.1. The Bertz CT molecular complexity index is 824. The summed E-state index contributed by atoms with van der Waals surface area (Å²) in [6, 6.07) is 14.1. The number of carbonyl (C=O) groups excluding carboxylic acids is 1. The van der Waals surface area contributed by atoms with E-state index in [4.69, 9.17) is 0 Å². The Hall–Kier alpha value is -2.95. The molecule has 0 atom stereocenters. The molecule has 116 valence electrons. The topological polar surface area (TPSA) is 46.9 Å². The standard InChI is InChI=1S/C18H16FN3O/c1-13(23)21-16-8-6-14(7-9-16)18-20-10-11-22(18)12-15-4-2-3-5-17(15)19/h2-11H,12H2,1H3,(H,21,23). The molecule has 4 nitrogen and oxygen atoms in total. The molecule has 3 rings (SSSR count). The molecule has 0 aliphatic carbocycles. The zero-order valence-electron chi connectivity index (χ0n) is 12.7. The van der Waals surface area contributed by atoms with Gasteiger partial charge in [-0.15, -0.1) is 0 Å². The van der Waals surface area contributed by atoms with Gasteiger partial charge in [0.25, 0.3) is 0 Å². The van der Waals surface area contributed by atoms with E-state index in [2.05, 4.69) is 10.3 Å². The van der Waals surface area contributed by atoms with Crippen LogP contribution in [0.2, 0.25) is 0 Å². The lowest BCUT2D eigenvalue weighted by Gasteiger charge is -2.09. The quantitative estimate of drug-likeness (QED) is 0.799. The molecular weight excluding hydrogens is 293 g/mol. The summed E-state index contributed by atoms with van der Waals surface area (Å²) in [4.78, 5) is 15.4. The van der Waals surface area contributed by atoms with Crippen molar-refractivity contribution in [2.45, 2.75) is 13.5 Å². The van der Waals surface area contributed by atoms with Crippen molar-refractivity contribution < 1.29 is 9.18 Å². The van der Waals surface area contributed by atoms with Crippen LogP contribution in [0.3, 0.4) is 0 Å². The lowest BCUT2D eigenvalue weighted by Crippen LogP contribution is -2.06. The van der Waals surface area contributed by atoms with Crippen molar-refractivity contribution in [3.8, 4) is 11.4 Å². The van der Waals surface area contributed by atoms with E-state index in [1.807, 2.05) is 41.1 Å². The number of benzene rings is 2. The van der Waals surface area contributed by atoms with Gasteiger partial charge in [0.05, 0.1) is 6.54 Å². The summed E-state index contributed by atoms with van der Waals surface area (Å²) in [5, 5.41) is 2.72. The molecule has 0 aliphatic rings. The number of hydrogen-bond acceptors (Lipinski definition) is 2. The van der Waals surface area contributed by atoms with Crippen molar-refractivity contribution in [3.63, 3.8) is 0 Å². The third kappa shape index (κ3) is 3.45. The van der Waals surface area contributed by atoms with E-state index >= 15 is 0 Å². The Morgan fingerprint density at radius 3 is 2.61 bits per heavy atom. The van der Waals surface area contributed by atoms with Crippen LogP contribution in [0.1, 0.15) is 12.5 Å². The summed E-state index contributed by atoms with van der Waals surface area (Å²) in [7, 11) is 0. The number of anilines is 1. The van der Waals surface area contributed by atoms with Crippen LogP contribution in [-0.2, 0) is 11.3 Å². The summed E-state index contributed by atoms with van der Waals surface area (Å²) in [5.74, 6) is 0.412. The van der Waals surface area contributed by atoms with Gasteiger partial charge in [0.2, 0.25) is 5.91 Å². The number of rotatable bonds is 4. The minimum absolute atomic E-state index is 0.112. The smallest absolute Gasteiger partial charge is 0.221 e. The molecule has 5 heteroatoms. The van der Waals surface area contributed by atoms with Gasteiger partial charge in [-0.1, -0.05) is 18.2 Å². The number of nitrogens with zero attached hydrogens (tertiary/aromatic N) is 2. The number of carbonyl (C=O) groups is 1. The van der Waals surface area contributed by atoms with E-state index in [-0.39, 0.29) is 11.7 Å². The first kappa shape index (κ1) is 15.0. The number of amides is 1. The van der Waals surface area contributed by atoms with Gasteiger partial charge in [-0.25, -0.2) is 9.37 Å². The van der Waals surface area contributed by atoms with Crippen LogP contribution in [-0.4, -0.2) is 15.5 Å². The van der Waals surface area contributed by atoms with Crippen molar-refractivity contribution >= 4 is 11.6 Å². The number of hydrogen-bond donors (Lipinski definition) is 1. The highest BCUT2D eigenvalue weighted by Gasteiger charge is 2.09. The summed E-state index contributed by atoms with van der Waals surface area (Å²) in [6.07, 6.45) is 3.52. The average Bonchev–Trinajstić information content (AvgIpc) is 2.98. The average molecular weight is 309 g/mol. The van der Waals surface area contributed by atoms with Crippen molar-refractivity contribution in [1.82, 2.24) is 9.55 Å². The van der Waals surface area contributed by atoms with Crippen molar-refractivity contribution in [3.05, 3.63) is 72.3 Å². The molecule has 3 aromatic rings. The minimum Gasteiger partial charge on any atom is -0.326 e. The molecule has 0 saturated heterocycles. The van der Waals surface area contributed by atoms with Crippen LogP contribution in [0.25, 0.3) is 11.4 Å². The molecule has 1 heterocycles. The predicted octanol–water partition coefficient (Wildman–Crippen LogP) is 3.70. The van der Waals surface area contributed by atoms with E-state index < -0.39 is 0 Å². The fraction of sp³-hybridized carbons (Fsp3) is 0.111. The van der Waals surface area contributed by atoms with Gasteiger partial charge in [-0.2, -0.15) is 0 Å². The van der Waals surface area contributed by atoms with Gasteiger partial charge in [-0.05, 0) is 30.3 Å². The molecule has 0 aliphatic heterocycles. The third-order valence-electron chi connectivity index (χ3n) is 3.48. The zero-order chi connectivity index (χ0) is 16.2. The molecule has 23 heavy (non-hydrogen) atoms. The van der Waals surface area contributed by atoms with Crippen LogP contribution < -0.4 is 5.32 Å². The fourth-order valence-electron chi connectivity index (χ4n) is 2.41. The second-order valence-electron chi connectivity index (χ2n) is 5.23. The number of aromatic nitrogens is 2. The first-order chi connectivity index (χ1) is 11.1. The fourth-order valence-corrected chi connectivity index (χ4v) is 2.41. The van der Waals surface area contributed by atoms with E-state index in [0.717, 1.165) is 17.1 Å². The third-order valence-corrected chi connectivity index (χ3v) is 3.48. The Labute approximate surface area is 133 Å². The molecule has 0 saturated carbocycles. The zero-order valence-corrected chi connectivity index (χ0v) is 12.7. The SMILES string of the molecule is CC(=O)Nc1ccc(-c2nccn2Cc2ccccc2F)cc1. The normalized spacial score (nSPS) is 10.5. The largest absolute Gasteiger partial charge is 0.326 e. The van der Waals surface area contributed by atoms with Crippen molar-refractivity contribution in [2.75, 3.05) is 5.32 Å². The van der Waals surface area contributed by atoms with Gasteiger partial charge in [0, 0.05) is 36.1 Å². The van der Waals surface area contributed by atoms with Crippen LogP contribution in [0, 0.1) is 5.82 Å². The molecule has 0 bridgehead atoms. The molecule has 0 fully saturated rings. The van der Waals surface area contributed by atoms with Crippen LogP contribution in [0.5, 0.6) is 0 Å². The number of halogens is 1. The highest BCUT2D eigenvalue weighted by molar-refractivity contribution is 5.88. The van der Waals surface area contributed by atoms with E-state index in [0.29, 0.717) is 12.1 Å². The Morgan fingerprint density at radius 1 is 1.17 bits per heavy atom. The van der Waals surface area contributed by atoms with Crippen molar-refractivity contribution in [1.29, 1.82) is 0 Å². The molecule has 1 amide bonds. The maximum absolute atomic E-state index is 13.8. The number of imidazole rings is 1. The predicted molar refractivity (Wildman–Crippen MR) is 87.5 cm³/mol. The van der Waals surface area contributed by atoms with E-state index in [1.54, 1.807) is 18.3 Å². The van der Waals surface area contributed by atoms with Gasteiger partial charge in [0.1, 0.15) is 11.6 Å². The summed E-state index contributed by atoms with van der Waals surface area (Å²) in [5.41, 5.74) is 2.25. The van der Waals surface area contributed by atoms with Gasteiger partial charge in [0.15, 0.2) is 0 Å². The second-order valence-corrected chi connectivity index (χ2v) is 5.23. The molecule has 0 radical (unpaired) electrons. The minimum atomic E-state index is -0.229. The molecule has 1 N–H and O–H groups in total. The molecule has 0 unspecified atom stereocenters.